The first-order valence-corrected chi connectivity index (χ1v) is 12.6. The average Bonchev–Trinajstić information content (AvgIpc) is 3.02. The van der Waals surface area contributed by atoms with Gasteiger partial charge in [0.15, 0.2) is 17.2 Å². The fourth-order valence-corrected chi connectivity index (χ4v) is 8.14. The van der Waals surface area contributed by atoms with Gasteiger partial charge in [0.25, 0.3) is 0 Å². The van der Waals surface area contributed by atoms with Crippen LogP contribution in [-0.2, 0) is 19.1 Å². The van der Waals surface area contributed by atoms with E-state index in [1.54, 1.807) is 6.92 Å². The summed E-state index contributed by atoms with van der Waals surface area (Å²) in [6.07, 6.45) is 12.6. The summed E-state index contributed by atoms with van der Waals surface area (Å²) in [5, 5.41) is 0. The molecule has 0 saturated heterocycles. The van der Waals surface area contributed by atoms with Crippen molar-refractivity contribution in [2.45, 2.75) is 110 Å². The minimum Gasteiger partial charge on any atom is -0.450 e. The molecule has 4 aliphatic carbocycles. The third-order valence-electron chi connectivity index (χ3n) is 9.92. The van der Waals surface area contributed by atoms with Gasteiger partial charge in [-0.25, -0.2) is 0 Å². The minimum atomic E-state index is -0.953. The molecule has 0 radical (unpaired) electrons. The molecule has 3 saturated carbocycles. The molecular formula is C27H40O4. The Bertz CT molecular complexity index is 797. The average molecular weight is 429 g/mol. The van der Waals surface area contributed by atoms with Crippen LogP contribution in [0.4, 0.5) is 0 Å². The molecule has 0 aliphatic heterocycles. The van der Waals surface area contributed by atoms with Gasteiger partial charge in [-0.05, 0) is 87.5 Å². The zero-order chi connectivity index (χ0) is 22.4. The third kappa shape index (κ3) is 3.43. The molecule has 0 aromatic rings. The van der Waals surface area contributed by atoms with Crippen molar-refractivity contribution in [3.63, 3.8) is 0 Å². The highest BCUT2D eigenvalue weighted by Crippen LogP contribution is 2.68. The second-order valence-corrected chi connectivity index (χ2v) is 11.3. The Labute approximate surface area is 187 Å². The normalized spacial score (nSPS) is 41.6. The van der Waals surface area contributed by atoms with Gasteiger partial charge in [-0.1, -0.05) is 39.2 Å². The summed E-state index contributed by atoms with van der Waals surface area (Å²) in [4.78, 5) is 37.8. The molecule has 4 heteroatoms. The van der Waals surface area contributed by atoms with E-state index in [4.69, 9.17) is 4.74 Å². The quantitative estimate of drug-likeness (QED) is 0.386. The summed E-state index contributed by atoms with van der Waals surface area (Å²) < 4.78 is 6.16. The van der Waals surface area contributed by atoms with Crippen LogP contribution < -0.4 is 0 Å². The first-order chi connectivity index (χ1) is 14.7. The number of carbonyl (C=O) groups excluding carboxylic acids is 3. The topological polar surface area (TPSA) is 60.4 Å². The Morgan fingerprint density at radius 2 is 1.77 bits per heavy atom. The van der Waals surface area contributed by atoms with Gasteiger partial charge in [0, 0.05) is 18.3 Å². The number of ether oxygens (including phenoxy) is 1. The number of esters is 1. The molecule has 3 fully saturated rings. The molecule has 172 valence electrons. The van der Waals surface area contributed by atoms with E-state index in [-0.39, 0.29) is 28.4 Å². The number of unbranched alkanes of at least 4 members (excludes halogenated alkanes) is 2. The molecule has 31 heavy (non-hydrogen) atoms. The van der Waals surface area contributed by atoms with Gasteiger partial charge in [-0.3, -0.25) is 14.4 Å². The molecule has 0 amide bonds. The fourth-order valence-electron chi connectivity index (χ4n) is 8.14. The standard InChI is InChI=1S/C27H40O4/c1-5-6-7-8-24(30)31-27(18(2)28)16-13-23-21-10-9-19-17-20(29)11-14-25(19,3)22(21)12-15-26(23,27)4/h17,21-23H,5-16H2,1-4H3/t21-,22-,23-,25-,26-,27-/m0/s1. The van der Waals surface area contributed by atoms with E-state index in [9.17, 15) is 14.4 Å². The Kier molecular flexibility index (Phi) is 5.98. The minimum absolute atomic E-state index is 0.0330. The molecule has 0 aromatic carbocycles. The van der Waals surface area contributed by atoms with Crippen LogP contribution in [0.25, 0.3) is 0 Å². The summed E-state index contributed by atoms with van der Waals surface area (Å²) in [6.45, 7) is 8.37. The fraction of sp³-hybridized carbons (Fsp3) is 0.815. The maximum Gasteiger partial charge on any atom is 0.306 e. The van der Waals surface area contributed by atoms with Crippen LogP contribution in [0.1, 0.15) is 105 Å². The lowest BCUT2D eigenvalue weighted by Crippen LogP contribution is -2.58. The number of hydrogen-bond acceptors (Lipinski definition) is 4. The molecule has 0 aromatic heterocycles. The van der Waals surface area contributed by atoms with Gasteiger partial charge < -0.3 is 4.74 Å². The largest absolute Gasteiger partial charge is 0.450 e. The van der Waals surface area contributed by atoms with Crippen molar-refractivity contribution in [3.05, 3.63) is 11.6 Å². The molecule has 4 aliphatic rings. The Morgan fingerprint density at radius 3 is 2.48 bits per heavy atom. The van der Waals surface area contributed by atoms with Crippen molar-refractivity contribution in [2.75, 3.05) is 0 Å². The van der Waals surface area contributed by atoms with E-state index in [1.807, 2.05) is 6.08 Å². The highest BCUT2D eigenvalue weighted by atomic mass is 16.6. The lowest BCUT2D eigenvalue weighted by atomic mass is 9.46. The third-order valence-corrected chi connectivity index (χ3v) is 9.92. The van der Waals surface area contributed by atoms with E-state index in [2.05, 4.69) is 20.8 Å². The predicted molar refractivity (Wildman–Crippen MR) is 120 cm³/mol. The van der Waals surface area contributed by atoms with Gasteiger partial charge in [-0.15, -0.1) is 0 Å². The first-order valence-electron chi connectivity index (χ1n) is 12.6. The smallest absolute Gasteiger partial charge is 0.306 e. The second kappa shape index (κ2) is 8.15. The van der Waals surface area contributed by atoms with Gasteiger partial charge in [0.1, 0.15) is 0 Å². The van der Waals surface area contributed by atoms with E-state index >= 15 is 0 Å². The number of carbonyl (C=O) groups is 3. The Morgan fingerprint density at radius 1 is 1.03 bits per heavy atom. The number of rotatable bonds is 6. The highest BCUT2D eigenvalue weighted by Gasteiger charge is 2.67. The number of Topliss-reactive ketones (excluding diaryl/α,β-unsaturated/α-hetero) is 1. The van der Waals surface area contributed by atoms with Crippen molar-refractivity contribution in [2.24, 2.45) is 28.6 Å². The van der Waals surface area contributed by atoms with Crippen molar-refractivity contribution in [1.82, 2.24) is 0 Å². The molecule has 0 unspecified atom stereocenters. The molecule has 6 atom stereocenters. The molecule has 0 bridgehead atoms. The van der Waals surface area contributed by atoms with E-state index in [0.29, 0.717) is 37.0 Å². The lowest BCUT2D eigenvalue weighted by molar-refractivity contribution is -0.189. The van der Waals surface area contributed by atoms with Gasteiger partial charge in [0.2, 0.25) is 0 Å². The summed E-state index contributed by atoms with van der Waals surface area (Å²) in [5.74, 6) is 1.66. The molecule has 0 N–H and O–H groups in total. The summed E-state index contributed by atoms with van der Waals surface area (Å²) >= 11 is 0. The monoisotopic (exact) mass is 428 g/mol. The zero-order valence-corrected chi connectivity index (χ0v) is 19.9. The maximum absolute atomic E-state index is 13.1. The van der Waals surface area contributed by atoms with Crippen LogP contribution in [0.5, 0.6) is 0 Å². The highest BCUT2D eigenvalue weighted by molar-refractivity contribution is 5.91. The van der Waals surface area contributed by atoms with Crippen LogP contribution in [0.15, 0.2) is 11.6 Å². The molecule has 4 nitrogen and oxygen atoms in total. The Hall–Kier alpha value is -1.45. The maximum atomic E-state index is 13.1. The predicted octanol–water partition coefficient (Wildman–Crippen LogP) is 5.97. The van der Waals surface area contributed by atoms with Crippen molar-refractivity contribution < 1.29 is 19.1 Å². The first kappa shape index (κ1) is 22.7. The van der Waals surface area contributed by atoms with E-state index in [0.717, 1.165) is 57.8 Å². The number of ketones is 2. The SMILES string of the molecule is CCCCCC(=O)O[C@]1(C(C)=O)CC[C@H]2[C@H]3CCC4=CC(=O)CC[C@]4(C)[C@H]3CC[C@@]21C. The Balaban J connectivity index is 1.59. The number of allylic oxidation sites excluding steroid dienone is 1. The van der Waals surface area contributed by atoms with E-state index in [1.165, 1.54) is 5.57 Å². The summed E-state index contributed by atoms with van der Waals surface area (Å²) in [5.41, 5.74) is 0.261. The lowest BCUT2D eigenvalue weighted by Gasteiger charge is -2.59. The number of hydrogen-bond donors (Lipinski definition) is 0. The molecular weight excluding hydrogens is 388 g/mol. The van der Waals surface area contributed by atoms with Gasteiger partial charge >= 0.3 is 5.97 Å². The van der Waals surface area contributed by atoms with Crippen LogP contribution in [0, 0.1) is 28.6 Å². The summed E-state index contributed by atoms with van der Waals surface area (Å²) in [6, 6.07) is 0. The van der Waals surface area contributed by atoms with Crippen LogP contribution in [0.3, 0.4) is 0 Å². The van der Waals surface area contributed by atoms with Crippen molar-refractivity contribution in [3.8, 4) is 0 Å². The van der Waals surface area contributed by atoms with E-state index < -0.39 is 5.60 Å². The van der Waals surface area contributed by atoms with Crippen LogP contribution in [0.2, 0.25) is 0 Å². The van der Waals surface area contributed by atoms with Crippen LogP contribution in [-0.4, -0.2) is 23.1 Å². The zero-order valence-electron chi connectivity index (χ0n) is 19.9. The van der Waals surface area contributed by atoms with Crippen LogP contribution >= 0.6 is 0 Å². The number of fused-ring (bicyclic) bond motifs is 5. The summed E-state index contributed by atoms with van der Waals surface area (Å²) in [7, 11) is 0. The molecule has 0 spiro atoms. The van der Waals surface area contributed by atoms with Gasteiger partial charge in [-0.2, -0.15) is 0 Å². The second-order valence-electron chi connectivity index (χ2n) is 11.3. The molecule has 4 rings (SSSR count). The van der Waals surface area contributed by atoms with Gasteiger partial charge in [0.05, 0.1) is 0 Å². The van der Waals surface area contributed by atoms with Crippen molar-refractivity contribution >= 4 is 17.5 Å². The molecule has 0 heterocycles. The van der Waals surface area contributed by atoms with Crippen molar-refractivity contribution in [1.29, 1.82) is 0 Å².